The molecular weight excluding hydrogens is 264 g/mol. The van der Waals surface area contributed by atoms with Crippen molar-refractivity contribution in [1.29, 1.82) is 5.26 Å². The standard InChI is InChI=1S/C17H24N2O2/c1-13(2)19-17(11-18,15-7-8-15)12-21-16-6-4-3-5-14(16)9-10-20/h3-6,13,15,19-20H,7-10,12H2,1-2H3. The summed E-state index contributed by atoms with van der Waals surface area (Å²) >= 11 is 0. The van der Waals surface area contributed by atoms with Gasteiger partial charge in [0, 0.05) is 12.6 Å². The number of hydrogen-bond donors (Lipinski definition) is 2. The second-order valence-corrected chi connectivity index (χ2v) is 6.03. The topological polar surface area (TPSA) is 65.3 Å². The lowest BCUT2D eigenvalue weighted by Crippen LogP contribution is -2.53. The van der Waals surface area contributed by atoms with E-state index in [1.165, 1.54) is 0 Å². The van der Waals surface area contributed by atoms with E-state index in [0.29, 0.717) is 18.9 Å². The zero-order valence-corrected chi connectivity index (χ0v) is 12.8. The van der Waals surface area contributed by atoms with Crippen molar-refractivity contribution < 1.29 is 9.84 Å². The SMILES string of the molecule is CC(C)NC(C#N)(COc1ccccc1CCO)C1CC1. The Hall–Kier alpha value is -1.57. The fourth-order valence-corrected chi connectivity index (χ4v) is 2.69. The lowest BCUT2D eigenvalue weighted by atomic mass is 9.95. The first-order chi connectivity index (χ1) is 10.1. The lowest BCUT2D eigenvalue weighted by Gasteiger charge is -2.30. The Balaban J connectivity index is 2.10. The third kappa shape index (κ3) is 3.96. The molecule has 0 bridgehead atoms. The first kappa shape index (κ1) is 15.8. The molecule has 2 rings (SSSR count). The fourth-order valence-electron chi connectivity index (χ4n) is 2.69. The van der Waals surface area contributed by atoms with E-state index in [9.17, 15) is 5.26 Å². The Morgan fingerprint density at radius 2 is 2.14 bits per heavy atom. The molecule has 21 heavy (non-hydrogen) atoms. The third-order valence-electron chi connectivity index (χ3n) is 3.83. The minimum atomic E-state index is -0.611. The second kappa shape index (κ2) is 6.93. The summed E-state index contributed by atoms with van der Waals surface area (Å²) in [5, 5.41) is 22.2. The van der Waals surface area contributed by atoms with E-state index in [-0.39, 0.29) is 12.6 Å². The number of benzene rings is 1. The smallest absolute Gasteiger partial charge is 0.144 e. The summed E-state index contributed by atoms with van der Waals surface area (Å²) in [7, 11) is 0. The molecule has 0 aliphatic heterocycles. The van der Waals surface area contributed by atoms with Gasteiger partial charge in [0.2, 0.25) is 0 Å². The van der Waals surface area contributed by atoms with Gasteiger partial charge < -0.3 is 9.84 Å². The molecule has 1 saturated carbocycles. The lowest BCUT2D eigenvalue weighted by molar-refractivity contribution is 0.190. The van der Waals surface area contributed by atoms with Gasteiger partial charge in [-0.3, -0.25) is 5.32 Å². The number of hydrogen-bond acceptors (Lipinski definition) is 4. The van der Waals surface area contributed by atoms with Gasteiger partial charge in [0.15, 0.2) is 0 Å². The number of rotatable bonds is 8. The number of nitrogens with one attached hydrogen (secondary N) is 1. The van der Waals surface area contributed by atoms with Crippen molar-refractivity contribution in [3.63, 3.8) is 0 Å². The Morgan fingerprint density at radius 3 is 2.71 bits per heavy atom. The highest BCUT2D eigenvalue weighted by Gasteiger charge is 2.46. The highest BCUT2D eigenvalue weighted by Crippen LogP contribution is 2.40. The first-order valence-corrected chi connectivity index (χ1v) is 7.62. The number of para-hydroxylation sites is 1. The van der Waals surface area contributed by atoms with E-state index in [1.54, 1.807) is 0 Å². The Morgan fingerprint density at radius 1 is 1.43 bits per heavy atom. The zero-order chi connectivity index (χ0) is 15.3. The van der Waals surface area contributed by atoms with E-state index in [2.05, 4.69) is 11.4 Å². The van der Waals surface area contributed by atoms with Gasteiger partial charge in [0.25, 0.3) is 0 Å². The van der Waals surface area contributed by atoms with Crippen LogP contribution in [0.2, 0.25) is 0 Å². The average molecular weight is 288 g/mol. The summed E-state index contributed by atoms with van der Waals surface area (Å²) < 4.78 is 5.95. The largest absolute Gasteiger partial charge is 0.490 e. The summed E-state index contributed by atoms with van der Waals surface area (Å²) in [6.45, 7) is 4.54. The number of nitrogens with zero attached hydrogens (tertiary/aromatic N) is 1. The van der Waals surface area contributed by atoms with E-state index in [4.69, 9.17) is 9.84 Å². The number of ether oxygens (including phenoxy) is 1. The van der Waals surface area contributed by atoms with Crippen molar-refractivity contribution in [3.05, 3.63) is 29.8 Å². The minimum absolute atomic E-state index is 0.0939. The first-order valence-electron chi connectivity index (χ1n) is 7.62. The molecule has 2 N–H and O–H groups in total. The molecule has 4 heteroatoms. The zero-order valence-electron chi connectivity index (χ0n) is 12.8. The molecule has 0 spiro atoms. The van der Waals surface area contributed by atoms with Crippen LogP contribution in [0.3, 0.4) is 0 Å². The minimum Gasteiger partial charge on any atom is -0.490 e. The molecule has 1 atom stereocenters. The van der Waals surface area contributed by atoms with Gasteiger partial charge in [-0.15, -0.1) is 0 Å². The predicted molar refractivity (Wildman–Crippen MR) is 82.1 cm³/mol. The van der Waals surface area contributed by atoms with Gasteiger partial charge in [0.05, 0.1) is 6.07 Å². The quantitative estimate of drug-likeness (QED) is 0.770. The van der Waals surface area contributed by atoms with Crippen molar-refractivity contribution in [3.8, 4) is 11.8 Å². The van der Waals surface area contributed by atoms with Gasteiger partial charge in [-0.2, -0.15) is 5.26 Å². The molecule has 0 saturated heterocycles. The van der Waals surface area contributed by atoms with Crippen molar-refractivity contribution in [1.82, 2.24) is 5.32 Å². The number of aliphatic hydroxyl groups excluding tert-OH is 1. The monoisotopic (exact) mass is 288 g/mol. The molecule has 1 aromatic rings. The summed E-state index contributed by atoms with van der Waals surface area (Å²) in [5.41, 5.74) is 0.368. The normalized spacial score (nSPS) is 17.3. The summed E-state index contributed by atoms with van der Waals surface area (Å²) in [4.78, 5) is 0. The molecule has 0 amide bonds. The van der Waals surface area contributed by atoms with Gasteiger partial charge in [-0.25, -0.2) is 0 Å². The highest BCUT2D eigenvalue weighted by atomic mass is 16.5. The number of nitriles is 1. The molecule has 1 aromatic carbocycles. The number of aliphatic hydroxyl groups is 1. The summed E-state index contributed by atoms with van der Waals surface area (Å²) in [6, 6.07) is 10.4. The fraction of sp³-hybridized carbons (Fsp3) is 0.588. The Kier molecular flexibility index (Phi) is 5.22. The van der Waals surface area contributed by atoms with Gasteiger partial charge in [0.1, 0.15) is 17.9 Å². The van der Waals surface area contributed by atoms with Gasteiger partial charge in [-0.1, -0.05) is 18.2 Å². The van der Waals surface area contributed by atoms with E-state index >= 15 is 0 Å². The van der Waals surface area contributed by atoms with Crippen molar-refractivity contribution in [2.24, 2.45) is 5.92 Å². The molecule has 0 heterocycles. The van der Waals surface area contributed by atoms with Crippen molar-refractivity contribution >= 4 is 0 Å². The van der Waals surface area contributed by atoms with Gasteiger partial charge >= 0.3 is 0 Å². The van der Waals surface area contributed by atoms with Crippen molar-refractivity contribution in [2.75, 3.05) is 13.2 Å². The highest BCUT2D eigenvalue weighted by molar-refractivity contribution is 5.34. The Bertz CT molecular complexity index is 506. The van der Waals surface area contributed by atoms with Crippen LogP contribution in [0.15, 0.2) is 24.3 Å². The molecular formula is C17H24N2O2. The second-order valence-electron chi connectivity index (χ2n) is 6.03. The molecule has 1 aliphatic carbocycles. The van der Waals surface area contributed by atoms with Crippen LogP contribution < -0.4 is 10.1 Å². The van der Waals surface area contributed by atoms with Crippen LogP contribution in [0.5, 0.6) is 5.75 Å². The molecule has 1 aliphatic rings. The molecule has 0 radical (unpaired) electrons. The maximum absolute atomic E-state index is 9.65. The van der Waals surface area contributed by atoms with E-state index in [1.807, 2.05) is 38.1 Å². The van der Waals surface area contributed by atoms with Crippen LogP contribution in [0.1, 0.15) is 32.3 Å². The molecule has 1 fully saturated rings. The predicted octanol–water partition coefficient (Wildman–Crippen LogP) is 2.27. The molecule has 114 valence electrons. The Labute approximate surface area is 126 Å². The maximum Gasteiger partial charge on any atom is 0.144 e. The summed E-state index contributed by atoms with van der Waals surface area (Å²) in [6.07, 6.45) is 2.72. The average Bonchev–Trinajstić information content (AvgIpc) is 3.30. The third-order valence-corrected chi connectivity index (χ3v) is 3.83. The summed E-state index contributed by atoms with van der Waals surface area (Å²) in [5.74, 6) is 1.13. The maximum atomic E-state index is 9.65. The van der Waals surface area contributed by atoms with Crippen LogP contribution in [0.4, 0.5) is 0 Å². The van der Waals surface area contributed by atoms with Crippen LogP contribution >= 0.6 is 0 Å². The van der Waals surface area contributed by atoms with Crippen LogP contribution in [-0.2, 0) is 6.42 Å². The molecule has 4 nitrogen and oxygen atoms in total. The van der Waals surface area contributed by atoms with Crippen molar-refractivity contribution in [2.45, 2.75) is 44.7 Å². The molecule has 0 aromatic heterocycles. The van der Waals surface area contributed by atoms with Crippen LogP contribution in [0.25, 0.3) is 0 Å². The van der Waals surface area contributed by atoms with Gasteiger partial charge in [-0.05, 0) is 50.7 Å². The molecule has 1 unspecified atom stereocenters. The van der Waals surface area contributed by atoms with E-state index in [0.717, 1.165) is 24.2 Å². The van der Waals surface area contributed by atoms with Crippen LogP contribution in [-0.4, -0.2) is 29.9 Å². The van der Waals surface area contributed by atoms with Crippen LogP contribution in [0, 0.1) is 17.2 Å². The van der Waals surface area contributed by atoms with E-state index < -0.39 is 5.54 Å².